The first-order valence-corrected chi connectivity index (χ1v) is 11.2. The van der Waals surface area contributed by atoms with Gasteiger partial charge in [-0.3, -0.25) is 0 Å². The fourth-order valence-electron chi connectivity index (χ4n) is 3.15. The molecule has 0 atom stereocenters. The number of hydrogen-bond acceptors (Lipinski definition) is 3. The molecule has 1 aliphatic heterocycles. The first-order valence-electron chi connectivity index (χ1n) is 8.75. The van der Waals surface area contributed by atoms with Crippen molar-refractivity contribution in [2.75, 3.05) is 5.75 Å². The Kier molecular flexibility index (Phi) is 5.20. The molecular weight excluding hydrogens is 436 g/mol. The standard InChI is InChI=1S/C23H17BrO3S/c24-23(17-9-3-1-4-10-17)22-18(15-27-21-14-8-7-13-20(21)22)16-28(25,26)19-11-5-2-6-12-19/h1-15H,16H2/b23-22-. The van der Waals surface area contributed by atoms with Gasteiger partial charge in [-0.25, -0.2) is 8.42 Å². The second kappa shape index (κ2) is 7.78. The molecule has 0 saturated heterocycles. The minimum atomic E-state index is -3.51. The van der Waals surface area contributed by atoms with Crippen LogP contribution in [0, 0.1) is 0 Å². The molecule has 5 heteroatoms. The van der Waals surface area contributed by atoms with Crippen molar-refractivity contribution in [3.8, 4) is 5.75 Å². The van der Waals surface area contributed by atoms with Gasteiger partial charge in [0, 0.05) is 21.2 Å². The highest BCUT2D eigenvalue weighted by Crippen LogP contribution is 2.43. The van der Waals surface area contributed by atoms with Crippen molar-refractivity contribution in [1.82, 2.24) is 0 Å². The fraction of sp³-hybridized carbons (Fsp3) is 0.0435. The molecule has 0 bridgehead atoms. The number of ether oxygens (including phenoxy) is 1. The largest absolute Gasteiger partial charge is 0.464 e. The third-order valence-corrected chi connectivity index (χ3v) is 7.04. The Labute approximate surface area is 173 Å². The van der Waals surface area contributed by atoms with E-state index in [1.54, 1.807) is 36.6 Å². The summed E-state index contributed by atoms with van der Waals surface area (Å²) in [6.45, 7) is 0. The number of hydrogen-bond donors (Lipinski definition) is 0. The van der Waals surface area contributed by atoms with Crippen LogP contribution in [-0.4, -0.2) is 14.2 Å². The molecule has 140 valence electrons. The Hall–Kier alpha value is -2.63. The van der Waals surface area contributed by atoms with E-state index >= 15 is 0 Å². The smallest absolute Gasteiger partial charge is 0.182 e. The second-order valence-corrected chi connectivity index (χ2v) is 9.17. The lowest BCUT2D eigenvalue weighted by Gasteiger charge is -2.22. The lowest BCUT2D eigenvalue weighted by molar-refractivity contribution is 0.470. The van der Waals surface area contributed by atoms with Crippen LogP contribution >= 0.6 is 15.9 Å². The predicted molar refractivity (Wildman–Crippen MR) is 116 cm³/mol. The van der Waals surface area contributed by atoms with E-state index in [1.807, 2.05) is 54.6 Å². The highest BCUT2D eigenvalue weighted by atomic mass is 79.9. The zero-order chi connectivity index (χ0) is 19.6. The summed E-state index contributed by atoms with van der Waals surface area (Å²) >= 11 is 3.71. The Balaban J connectivity index is 1.84. The van der Waals surface area contributed by atoms with E-state index in [-0.39, 0.29) is 5.75 Å². The van der Waals surface area contributed by atoms with Gasteiger partial charge in [-0.05, 0) is 39.7 Å². The van der Waals surface area contributed by atoms with Crippen molar-refractivity contribution in [2.45, 2.75) is 4.90 Å². The quantitative estimate of drug-likeness (QED) is 0.509. The monoisotopic (exact) mass is 452 g/mol. The SMILES string of the molecule is O=S(=O)(CC1=COc2ccccc2/C1=C(\Br)c1ccccc1)c1ccccc1. The maximum atomic E-state index is 13.0. The van der Waals surface area contributed by atoms with Gasteiger partial charge in [0.2, 0.25) is 0 Å². The van der Waals surface area contributed by atoms with Crippen molar-refractivity contribution in [3.63, 3.8) is 0 Å². The fourth-order valence-corrected chi connectivity index (χ4v) is 5.25. The maximum absolute atomic E-state index is 13.0. The van der Waals surface area contributed by atoms with Gasteiger partial charge in [0.05, 0.1) is 16.9 Å². The number of sulfone groups is 1. The van der Waals surface area contributed by atoms with Gasteiger partial charge < -0.3 is 4.74 Å². The second-order valence-electron chi connectivity index (χ2n) is 6.38. The van der Waals surface area contributed by atoms with Crippen LogP contribution in [0.1, 0.15) is 11.1 Å². The molecule has 0 fully saturated rings. The topological polar surface area (TPSA) is 43.4 Å². The van der Waals surface area contributed by atoms with E-state index in [2.05, 4.69) is 15.9 Å². The number of allylic oxidation sites excluding steroid dienone is 1. The average molecular weight is 453 g/mol. The molecule has 0 aliphatic carbocycles. The first-order chi connectivity index (χ1) is 13.6. The van der Waals surface area contributed by atoms with E-state index in [4.69, 9.17) is 4.74 Å². The molecule has 0 spiro atoms. The van der Waals surface area contributed by atoms with Crippen LogP contribution in [-0.2, 0) is 9.84 Å². The molecule has 3 aromatic rings. The van der Waals surface area contributed by atoms with Gasteiger partial charge >= 0.3 is 0 Å². The molecule has 1 heterocycles. The highest BCUT2D eigenvalue weighted by molar-refractivity contribution is 9.15. The normalized spacial score (nSPS) is 15.2. The molecular formula is C23H17BrO3S. The van der Waals surface area contributed by atoms with Crippen molar-refractivity contribution < 1.29 is 13.2 Å². The maximum Gasteiger partial charge on any atom is 0.182 e. The number of fused-ring (bicyclic) bond motifs is 1. The minimum absolute atomic E-state index is 0.150. The summed E-state index contributed by atoms with van der Waals surface area (Å²) < 4.78 is 32.5. The summed E-state index contributed by atoms with van der Waals surface area (Å²) in [5, 5.41) is 0. The molecule has 3 aromatic carbocycles. The average Bonchev–Trinajstić information content (AvgIpc) is 2.74. The van der Waals surface area contributed by atoms with E-state index in [0.29, 0.717) is 16.2 Å². The van der Waals surface area contributed by atoms with Crippen LogP contribution in [0.25, 0.3) is 10.1 Å². The molecule has 0 saturated carbocycles. The molecule has 0 aromatic heterocycles. The Morgan fingerprint density at radius 3 is 2.14 bits per heavy atom. The summed E-state index contributed by atoms with van der Waals surface area (Å²) in [5.74, 6) is 0.550. The zero-order valence-electron chi connectivity index (χ0n) is 14.9. The van der Waals surface area contributed by atoms with Crippen LogP contribution in [0.3, 0.4) is 0 Å². The van der Waals surface area contributed by atoms with Gasteiger partial charge in [0.15, 0.2) is 9.84 Å². The van der Waals surface area contributed by atoms with Gasteiger partial charge in [0.25, 0.3) is 0 Å². The van der Waals surface area contributed by atoms with E-state index in [9.17, 15) is 8.42 Å². The van der Waals surface area contributed by atoms with E-state index in [0.717, 1.165) is 21.2 Å². The van der Waals surface area contributed by atoms with Crippen molar-refractivity contribution in [2.24, 2.45) is 0 Å². The van der Waals surface area contributed by atoms with E-state index < -0.39 is 9.84 Å². The highest BCUT2D eigenvalue weighted by Gasteiger charge is 2.26. The Morgan fingerprint density at radius 1 is 0.821 bits per heavy atom. The van der Waals surface area contributed by atoms with E-state index in [1.165, 1.54) is 0 Å². The lowest BCUT2D eigenvalue weighted by atomic mass is 9.95. The van der Waals surface area contributed by atoms with Gasteiger partial charge in [-0.2, -0.15) is 0 Å². The predicted octanol–water partition coefficient (Wildman–Crippen LogP) is 5.70. The third-order valence-electron chi connectivity index (χ3n) is 4.50. The van der Waals surface area contributed by atoms with Crippen LogP contribution < -0.4 is 4.74 Å². The van der Waals surface area contributed by atoms with Crippen molar-refractivity contribution in [1.29, 1.82) is 0 Å². The summed E-state index contributed by atoms with van der Waals surface area (Å²) in [4.78, 5) is 0.296. The van der Waals surface area contributed by atoms with Crippen LogP contribution in [0.5, 0.6) is 5.75 Å². The summed E-state index contributed by atoms with van der Waals surface area (Å²) in [5.41, 5.74) is 3.27. The third kappa shape index (κ3) is 3.68. The molecule has 0 radical (unpaired) electrons. The van der Waals surface area contributed by atoms with Crippen LogP contribution in [0.4, 0.5) is 0 Å². The lowest BCUT2D eigenvalue weighted by Crippen LogP contribution is -2.14. The molecule has 0 N–H and O–H groups in total. The molecule has 28 heavy (non-hydrogen) atoms. The van der Waals surface area contributed by atoms with Crippen molar-refractivity contribution >= 4 is 35.8 Å². The number of benzene rings is 3. The Morgan fingerprint density at radius 2 is 1.43 bits per heavy atom. The molecule has 0 amide bonds. The van der Waals surface area contributed by atoms with Gasteiger partial charge in [-0.1, -0.05) is 66.7 Å². The molecule has 4 rings (SSSR count). The minimum Gasteiger partial charge on any atom is -0.464 e. The zero-order valence-corrected chi connectivity index (χ0v) is 17.3. The van der Waals surface area contributed by atoms with Crippen LogP contribution in [0.2, 0.25) is 0 Å². The summed E-state index contributed by atoms with van der Waals surface area (Å²) in [7, 11) is -3.51. The summed E-state index contributed by atoms with van der Waals surface area (Å²) in [6, 6.07) is 25.9. The molecule has 3 nitrogen and oxygen atoms in total. The number of halogens is 1. The molecule has 0 unspecified atom stereocenters. The number of rotatable bonds is 4. The number of para-hydroxylation sites is 1. The van der Waals surface area contributed by atoms with Gasteiger partial charge in [0.1, 0.15) is 5.75 Å². The molecule has 1 aliphatic rings. The summed E-state index contributed by atoms with van der Waals surface area (Å²) in [6.07, 6.45) is 1.54. The van der Waals surface area contributed by atoms with Gasteiger partial charge in [-0.15, -0.1) is 0 Å². The first kappa shape index (κ1) is 18.7. The van der Waals surface area contributed by atoms with Crippen LogP contribution in [0.15, 0.2) is 102 Å². The van der Waals surface area contributed by atoms with Crippen molar-refractivity contribution in [3.05, 3.63) is 108 Å². The Bertz CT molecular complexity index is 1160.